The highest BCUT2D eigenvalue weighted by atomic mass is 19.3. The van der Waals surface area contributed by atoms with Gasteiger partial charge in [0.25, 0.3) is 6.43 Å². The van der Waals surface area contributed by atoms with Crippen molar-refractivity contribution in [3.05, 3.63) is 35.9 Å². The summed E-state index contributed by atoms with van der Waals surface area (Å²) >= 11 is 0. The van der Waals surface area contributed by atoms with Gasteiger partial charge in [-0.15, -0.1) is 0 Å². The Bertz CT molecular complexity index is 443. The molecule has 1 aromatic rings. The zero-order valence-corrected chi connectivity index (χ0v) is 10.8. The van der Waals surface area contributed by atoms with Gasteiger partial charge >= 0.3 is 12.1 Å². The molecule has 110 valence electrons. The Labute approximate surface area is 114 Å². The van der Waals surface area contributed by atoms with E-state index in [1.54, 1.807) is 24.3 Å². The van der Waals surface area contributed by atoms with Crippen LogP contribution in [0.4, 0.5) is 18.4 Å². The number of halogens is 2. The summed E-state index contributed by atoms with van der Waals surface area (Å²) in [6.07, 6.45) is -3.51. The van der Waals surface area contributed by atoms with Gasteiger partial charge in [-0.05, 0) is 5.56 Å². The maximum atomic E-state index is 11.9. The SMILES string of the molecule is CN(NC(=O)OCc1ccccc1)C(=O)NCC(F)F. The number of carbonyl (C=O) groups is 2. The molecule has 0 unspecified atom stereocenters. The van der Waals surface area contributed by atoms with Gasteiger partial charge in [0.2, 0.25) is 0 Å². The zero-order chi connectivity index (χ0) is 15.0. The molecule has 0 atom stereocenters. The molecule has 0 bridgehead atoms. The molecule has 1 aromatic carbocycles. The Kier molecular flexibility index (Phi) is 6.21. The summed E-state index contributed by atoms with van der Waals surface area (Å²) in [7, 11) is 1.21. The normalized spacial score (nSPS) is 10.0. The number of benzene rings is 1. The number of alkyl halides is 2. The fourth-order valence-electron chi connectivity index (χ4n) is 1.23. The van der Waals surface area contributed by atoms with Crippen LogP contribution in [0.3, 0.4) is 0 Å². The molecular formula is C12H15F2N3O3. The van der Waals surface area contributed by atoms with Crippen LogP contribution in [0.2, 0.25) is 0 Å². The number of rotatable bonds is 4. The van der Waals surface area contributed by atoms with Crippen LogP contribution in [0, 0.1) is 0 Å². The van der Waals surface area contributed by atoms with Crippen molar-refractivity contribution in [1.29, 1.82) is 0 Å². The summed E-state index contributed by atoms with van der Waals surface area (Å²) < 4.78 is 28.6. The molecule has 0 fully saturated rings. The molecule has 2 N–H and O–H groups in total. The van der Waals surface area contributed by atoms with Crippen LogP contribution in [0.1, 0.15) is 5.56 Å². The van der Waals surface area contributed by atoms with E-state index in [1.165, 1.54) is 7.05 Å². The molecule has 0 spiro atoms. The first-order valence-electron chi connectivity index (χ1n) is 5.76. The number of hydrazine groups is 1. The molecule has 3 amide bonds. The van der Waals surface area contributed by atoms with Gasteiger partial charge in [0.1, 0.15) is 6.61 Å². The Hall–Kier alpha value is -2.38. The van der Waals surface area contributed by atoms with E-state index in [9.17, 15) is 18.4 Å². The number of amides is 3. The molecule has 0 saturated heterocycles. The number of nitrogens with zero attached hydrogens (tertiary/aromatic N) is 1. The van der Waals surface area contributed by atoms with E-state index in [2.05, 4.69) is 5.43 Å². The summed E-state index contributed by atoms with van der Waals surface area (Å²) in [5.41, 5.74) is 2.87. The van der Waals surface area contributed by atoms with E-state index in [0.29, 0.717) is 0 Å². The second-order valence-electron chi connectivity index (χ2n) is 3.81. The molecule has 20 heavy (non-hydrogen) atoms. The lowest BCUT2D eigenvalue weighted by molar-refractivity contribution is 0.110. The largest absolute Gasteiger partial charge is 0.443 e. The summed E-state index contributed by atoms with van der Waals surface area (Å²) in [4.78, 5) is 22.6. The van der Waals surface area contributed by atoms with Gasteiger partial charge < -0.3 is 10.1 Å². The van der Waals surface area contributed by atoms with E-state index >= 15 is 0 Å². The second kappa shape index (κ2) is 7.93. The highest BCUT2D eigenvalue weighted by Crippen LogP contribution is 2.00. The lowest BCUT2D eigenvalue weighted by Crippen LogP contribution is -2.49. The predicted octanol–water partition coefficient (Wildman–Crippen LogP) is 1.73. The topological polar surface area (TPSA) is 70.7 Å². The van der Waals surface area contributed by atoms with Crippen molar-refractivity contribution in [1.82, 2.24) is 15.8 Å². The number of hydrogen-bond donors (Lipinski definition) is 2. The maximum Gasteiger partial charge on any atom is 0.426 e. The van der Waals surface area contributed by atoms with Gasteiger partial charge in [-0.25, -0.2) is 28.8 Å². The van der Waals surface area contributed by atoms with E-state index in [4.69, 9.17) is 4.74 Å². The average molecular weight is 287 g/mol. The predicted molar refractivity (Wildman–Crippen MR) is 66.9 cm³/mol. The third-order valence-electron chi connectivity index (χ3n) is 2.18. The smallest absolute Gasteiger partial charge is 0.426 e. The zero-order valence-electron chi connectivity index (χ0n) is 10.8. The number of nitrogens with one attached hydrogen (secondary N) is 2. The minimum atomic E-state index is -2.66. The standard InChI is InChI=1S/C12H15F2N3O3/c1-17(11(18)15-7-10(13)14)16-12(19)20-8-9-5-3-2-4-6-9/h2-6,10H,7-8H2,1H3,(H,15,18)(H,16,19). The lowest BCUT2D eigenvalue weighted by Gasteiger charge is -2.18. The molecule has 0 radical (unpaired) electrons. The van der Waals surface area contributed by atoms with Crippen LogP contribution in [0.5, 0.6) is 0 Å². The molecular weight excluding hydrogens is 272 g/mol. The summed E-state index contributed by atoms with van der Waals surface area (Å²) in [5, 5.41) is 2.66. The highest BCUT2D eigenvalue weighted by molar-refractivity contribution is 5.77. The van der Waals surface area contributed by atoms with Gasteiger partial charge in [0, 0.05) is 7.05 Å². The van der Waals surface area contributed by atoms with Crippen LogP contribution in [0.15, 0.2) is 30.3 Å². The molecule has 0 aliphatic rings. The van der Waals surface area contributed by atoms with Crippen molar-refractivity contribution >= 4 is 12.1 Å². The number of urea groups is 1. The van der Waals surface area contributed by atoms with Crippen LogP contribution in [0.25, 0.3) is 0 Å². The van der Waals surface area contributed by atoms with Crippen molar-refractivity contribution < 1.29 is 23.1 Å². The van der Waals surface area contributed by atoms with E-state index in [-0.39, 0.29) is 6.61 Å². The van der Waals surface area contributed by atoms with E-state index in [1.807, 2.05) is 11.4 Å². The van der Waals surface area contributed by atoms with Crippen molar-refractivity contribution in [3.8, 4) is 0 Å². The molecule has 0 heterocycles. The highest BCUT2D eigenvalue weighted by Gasteiger charge is 2.13. The average Bonchev–Trinajstić information content (AvgIpc) is 2.43. The Morgan fingerprint density at radius 3 is 2.55 bits per heavy atom. The van der Waals surface area contributed by atoms with Gasteiger partial charge in [-0.1, -0.05) is 30.3 Å². The minimum absolute atomic E-state index is 0.0408. The van der Waals surface area contributed by atoms with Crippen LogP contribution in [-0.4, -0.2) is 37.2 Å². The lowest BCUT2D eigenvalue weighted by atomic mass is 10.2. The van der Waals surface area contributed by atoms with Gasteiger partial charge in [-0.2, -0.15) is 0 Å². The number of carbonyl (C=O) groups excluding carboxylic acids is 2. The van der Waals surface area contributed by atoms with Crippen LogP contribution >= 0.6 is 0 Å². The Morgan fingerprint density at radius 1 is 1.30 bits per heavy atom. The van der Waals surface area contributed by atoms with Crippen molar-refractivity contribution in [3.63, 3.8) is 0 Å². The van der Waals surface area contributed by atoms with E-state index < -0.39 is 25.1 Å². The first kappa shape index (κ1) is 15.7. The van der Waals surface area contributed by atoms with Crippen LogP contribution < -0.4 is 10.7 Å². The molecule has 1 rings (SSSR count). The number of hydrogen-bond acceptors (Lipinski definition) is 3. The van der Waals surface area contributed by atoms with Crippen molar-refractivity contribution in [2.45, 2.75) is 13.0 Å². The monoisotopic (exact) mass is 287 g/mol. The summed E-state index contributed by atoms with van der Waals surface area (Å²) in [5.74, 6) is 0. The van der Waals surface area contributed by atoms with Gasteiger partial charge in [0.05, 0.1) is 6.54 Å². The molecule has 0 aliphatic heterocycles. The van der Waals surface area contributed by atoms with E-state index in [0.717, 1.165) is 10.6 Å². The molecule has 6 nitrogen and oxygen atoms in total. The number of ether oxygens (including phenoxy) is 1. The summed E-state index contributed by atoms with van der Waals surface area (Å²) in [6, 6.07) is 8.09. The minimum Gasteiger partial charge on any atom is -0.443 e. The fraction of sp³-hybridized carbons (Fsp3) is 0.333. The Morgan fingerprint density at radius 2 is 1.95 bits per heavy atom. The van der Waals surface area contributed by atoms with Gasteiger partial charge in [0.15, 0.2) is 0 Å². The molecule has 0 saturated carbocycles. The molecule has 8 heteroatoms. The first-order valence-corrected chi connectivity index (χ1v) is 5.76. The quantitative estimate of drug-likeness (QED) is 0.829. The van der Waals surface area contributed by atoms with Gasteiger partial charge in [-0.3, -0.25) is 0 Å². The maximum absolute atomic E-state index is 11.9. The third kappa shape index (κ3) is 5.98. The molecule has 0 aliphatic carbocycles. The van der Waals surface area contributed by atoms with Crippen molar-refractivity contribution in [2.75, 3.05) is 13.6 Å². The Balaban J connectivity index is 2.29. The molecule has 0 aromatic heterocycles. The first-order chi connectivity index (χ1) is 9.49. The summed E-state index contributed by atoms with van der Waals surface area (Å²) in [6.45, 7) is -0.747. The third-order valence-corrected chi connectivity index (χ3v) is 2.18. The van der Waals surface area contributed by atoms with Crippen molar-refractivity contribution in [2.24, 2.45) is 0 Å². The van der Waals surface area contributed by atoms with Crippen LogP contribution in [-0.2, 0) is 11.3 Å². The fourth-order valence-corrected chi connectivity index (χ4v) is 1.23. The second-order valence-corrected chi connectivity index (χ2v) is 3.81.